The van der Waals surface area contributed by atoms with E-state index in [1.54, 1.807) is 11.3 Å². The number of hydrogen-bond donors (Lipinski definition) is 1. The van der Waals surface area contributed by atoms with Crippen LogP contribution in [0.3, 0.4) is 0 Å². The molecule has 20 heavy (non-hydrogen) atoms. The highest BCUT2D eigenvalue weighted by Crippen LogP contribution is 2.29. The maximum absolute atomic E-state index is 5.96. The van der Waals surface area contributed by atoms with Gasteiger partial charge in [0.2, 0.25) is 11.8 Å². The minimum absolute atomic E-state index is 0.565. The smallest absolute Gasteiger partial charge is 0.227 e. The normalized spacial score (nSPS) is 16.4. The van der Waals surface area contributed by atoms with Crippen LogP contribution in [0.25, 0.3) is 10.2 Å². The number of anilines is 1. The van der Waals surface area contributed by atoms with Crippen molar-refractivity contribution in [1.29, 1.82) is 0 Å². The van der Waals surface area contributed by atoms with E-state index >= 15 is 0 Å². The lowest BCUT2D eigenvalue weighted by molar-refractivity contribution is 0.0493. The minimum atomic E-state index is 0.565. The second kappa shape index (κ2) is 6.37. The fraction of sp³-hybridized carbons (Fsp3) is 0.571. The third-order valence-corrected chi connectivity index (χ3v) is 4.23. The molecule has 0 radical (unpaired) electrons. The molecule has 0 atom stereocenters. The molecule has 2 aromatic heterocycles. The molecule has 0 unspecified atom stereocenters. The number of rotatable bonds is 5. The molecule has 0 saturated carbocycles. The second-order valence-electron chi connectivity index (χ2n) is 4.89. The first-order chi connectivity index (χ1) is 9.86. The Morgan fingerprint density at radius 2 is 2.25 bits per heavy atom. The highest BCUT2D eigenvalue weighted by molar-refractivity contribution is 7.16. The molecule has 0 aromatic carbocycles. The van der Waals surface area contributed by atoms with Crippen molar-refractivity contribution < 1.29 is 9.47 Å². The van der Waals surface area contributed by atoms with Crippen LogP contribution in [0, 0.1) is 5.92 Å². The number of aromatic nitrogens is 2. The molecular weight excluding hydrogens is 274 g/mol. The summed E-state index contributed by atoms with van der Waals surface area (Å²) >= 11 is 1.61. The zero-order valence-corrected chi connectivity index (χ0v) is 12.4. The van der Waals surface area contributed by atoms with E-state index in [1.807, 2.05) is 18.4 Å². The van der Waals surface area contributed by atoms with Gasteiger partial charge >= 0.3 is 0 Å². The van der Waals surface area contributed by atoms with Gasteiger partial charge in [0.05, 0.1) is 12.0 Å². The number of thiophene rings is 1. The molecule has 1 N–H and O–H groups in total. The van der Waals surface area contributed by atoms with Crippen LogP contribution in [0.15, 0.2) is 11.4 Å². The molecule has 1 saturated heterocycles. The average molecular weight is 293 g/mol. The van der Waals surface area contributed by atoms with Gasteiger partial charge in [-0.15, -0.1) is 11.3 Å². The Bertz CT molecular complexity index is 567. The number of nitrogens with one attached hydrogen (secondary N) is 1. The molecule has 2 aromatic rings. The maximum atomic E-state index is 5.96. The summed E-state index contributed by atoms with van der Waals surface area (Å²) in [6.45, 7) is 5.22. The first-order valence-electron chi connectivity index (χ1n) is 7.06. The van der Waals surface area contributed by atoms with Crippen molar-refractivity contribution in [3.8, 4) is 5.88 Å². The molecule has 0 aliphatic carbocycles. The van der Waals surface area contributed by atoms with E-state index in [9.17, 15) is 0 Å². The Kier molecular flexibility index (Phi) is 4.32. The number of ether oxygens (including phenoxy) is 2. The highest BCUT2D eigenvalue weighted by Gasteiger charge is 2.16. The lowest BCUT2D eigenvalue weighted by Gasteiger charge is -2.22. The van der Waals surface area contributed by atoms with Crippen LogP contribution >= 0.6 is 11.3 Å². The van der Waals surface area contributed by atoms with Gasteiger partial charge in [0.25, 0.3) is 0 Å². The lowest BCUT2D eigenvalue weighted by Crippen LogP contribution is -2.21. The standard InChI is InChI=1S/C14H19N3O2S/c1-2-15-14-16-12(11-5-8-20-13(11)17-14)19-9-10-3-6-18-7-4-10/h5,8,10H,2-4,6-7,9H2,1H3,(H,15,16,17). The fourth-order valence-corrected chi connectivity index (χ4v) is 3.04. The molecule has 108 valence electrons. The quantitative estimate of drug-likeness (QED) is 0.918. The topological polar surface area (TPSA) is 56.3 Å². The molecule has 5 nitrogen and oxygen atoms in total. The van der Waals surface area contributed by atoms with Crippen LogP contribution < -0.4 is 10.1 Å². The molecule has 0 spiro atoms. The van der Waals surface area contributed by atoms with Crippen molar-refractivity contribution in [1.82, 2.24) is 9.97 Å². The van der Waals surface area contributed by atoms with Gasteiger partial charge in [-0.3, -0.25) is 0 Å². The Hall–Kier alpha value is -1.40. The van der Waals surface area contributed by atoms with E-state index in [0.29, 0.717) is 24.4 Å². The molecule has 6 heteroatoms. The van der Waals surface area contributed by atoms with Crippen LogP contribution in [0.4, 0.5) is 5.95 Å². The summed E-state index contributed by atoms with van der Waals surface area (Å²) in [5, 5.41) is 6.18. The summed E-state index contributed by atoms with van der Waals surface area (Å²) in [6, 6.07) is 2.02. The predicted octanol–water partition coefficient (Wildman–Crippen LogP) is 2.93. The molecule has 1 aliphatic rings. The summed E-state index contributed by atoms with van der Waals surface area (Å²) in [6.07, 6.45) is 2.13. The number of hydrogen-bond acceptors (Lipinski definition) is 6. The second-order valence-corrected chi connectivity index (χ2v) is 5.78. The zero-order chi connectivity index (χ0) is 13.8. The van der Waals surface area contributed by atoms with E-state index in [2.05, 4.69) is 15.3 Å². The van der Waals surface area contributed by atoms with Crippen LogP contribution in [0.1, 0.15) is 19.8 Å². The third kappa shape index (κ3) is 3.02. The van der Waals surface area contributed by atoms with Gasteiger partial charge in [-0.1, -0.05) is 0 Å². The predicted molar refractivity (Wildman–Crippen MR) is 80.6 cm³/mol. The van der Waals surface area contributed by atoms with Gasteiger partial charge in [-0.2, -0.15) is 4.98 Å². The van der Waals surface area contributed by atoms with Crippen LogP contribution in [-0.2, 0) is 4.74 Å². The first kappa shape index (κ1) is 13.6. The Labute approximate surface area is 122 Å². The Balaban J connectivity index is 1.76. The van der Waals surface area contributed by atoms with Gasteiger partial charge in [0.1, 0.15) is 4.83 Å². The molecule has 3 heterocycles. The summed E-state index contributed by atoms with van der Waals surface area (Å²) in [4.78, 5) is 9.93. The van der Waals surface area contributed by atoms with Crippen LogP contribution in [-0.4, -0.2) is 36.3 Å². The minimum Gasteiger partial charge on any atom is -0.477 e. The van der Waals surface area contributed by atoms with Gasteiger partial charge in [-0.25, -0.2) is 4.98 Å². The number of nitrogens with zero attached hydrogens (tertiary/aromatic N) is 2. The molecular formula is C14H19N3O2S. The van der Waals surface area contributed by atoms with Crippen LogP contribution in [0.2, 0.25) is 0 Å². The molecule has 1 aliphatic heterocycles. The third-order valence-electron chi connectivity index (χ3n) is 3.42. The van der Waals surface area contributed by atoms with Crippen molar-refractivity contribution in [2.75, 3.05) is 31.7 Å². The number of fused-ring (bicyclic) bond motifs is 1. The molecule has 0 amide bonds. The largest absolute Gasteiger partial charge is 0.477 e. The molecule has 0 bridgehead atoms. The highest BCUT2D eigenvalue weighted by atomic mass is 32.1. The van der Waals surface area contributed by atoms with Gasteiger partial charge in [0, 0.05) is 19.8 Å². The van der Waals surface area contributed by atoms with E-state index < -0.39 is 0 Å². The van der Waals surface area contributed by atoms with Gasteiger partial charge in [0.15, 0.2) is 0 Å². The van der Waals surface area contributed by atoms with Crippen molar-refractivity contribution in [2.24, 2.45) is 5.92 Å². The molecule has 1 fully saturated rings. The Morgan fingerprint density at radius 3 is 3.05 bits per heavy atom. The monoisotopic (exact) mass is 293 g/mol. The van der Waals surface area contributed by atoms with E-state index in [-0.39, 0.29) is 0 Å². The summed E-state index contributed by atoms with van der Waals surface area (Å²) in [7, 11) is 0. The van der Waals surface area contributed by atoms with Crippen molar-refractivity contribution in [2.45, 2.75) is 19.8 Å². The van der Waals surface area contributed by atoms with E-state index in [4.69, 9.17) is 9.47 Å². The average Bonchev–Trinajstić information content (AvgIpc) is 2.95. The van der Waals surface area contributed by atoms with Crippen LogP contribution in [0.5, 0.6) is 5.88 Å². The van der Waals surface area contributed by atoms with Crippen molar-refractivity contribution in [3.05, 3.63) is 11.4 Å². The van der Waals surface area contributed by atoms with Crippen molar-refractivity contribution in [3.63, 3.8) is 0 Å². The van der Waals surface area contributed by atoms with Gasteiger partial charge in [-0.05, 0) is 37.1 Å². The SMILES string of the molecule is CCNc1nc(OCC2CCOCC2)c2ccsc2n1. The molecule has 3 rings (SSSR count). The van der Waals surface area contributed by atoms with Gasteiger partial charge < -0.3 is 14.8 Å². The Morgan fingerprint density at radius 1 is 1.40 bits per heavy atom. The summed E-state index contributed by atoms with van der Waals surface area (Å²) < 4.78 is 11.3. The van der Waals surface area contributed by atoms with Crippen molar-refractivity contribution >= 4 is 27.5 Å². The maximum Gasteiger partial charge on any atom is 0.227 e. The summed E-state index contributed by atoms with van der Waals surface area (Å²) in [5.41, 5.74) is 0. The summed E-state index contributed by atoms with van der Waals surface area (Å²) in [5.74, 6) is 1.90. The lowest BCUT2D eigenvalue weighted by atomic mass is 10.0. The van der Waals surface area contributed by atoms with E-state index in [1.165, 1.54) is 0 Å². The van der Waals surface area contributed by atoms with E-state index in [0.717, 1.165) is 42.8 Å². The fourth-order valence-electron chi connectivity index (χ4n) is 2.29. The zero-order valence-electron chi connectivity index (χ0n) is 11.6. The first-order valence-corrected chi connectivity index (χ1v) is 7.94.